The van der Waals surface area contributed by atoms with Crippen molar-refractivity contribution in [2.24, 2.45) is 5.73 Å². The Hall–Kier alpha value is -1.37. The number of nitrogens with one attached hydrogen (secondary N) is 1. The Morgan fingerprint density at radius 1 is 1.50 bits per heavy atom. The van der Waals surface area contributed by atoms with Crippen LogP contribution in [0.2, 0.25) is 5.02 Å². The standard InChI is InChI=1S/C10H12ClN3O3.ClH/c11-7-2-3-8(9(6-7)14(16)17)10(15)13-5-1-4-12;/h2-3,6H,1,4-5,12H2,(H,13,15);1H. The highest BCUT2D eigenvalue weighted by Crippen LogP contribution is 2.22. The lowest BCUT2D eigenvalue weighted by Gasteiger charge is -2.05. The van der Waals surface area contributed by atoms with E-state index in [2.05, 4.69) is 5.32 Å². The van der Waals surface area contributed by atoms with E-state index in [4.69, 9.17) is 17.3 Å². The van der Waals surface area contributed by atoms with Crippen LogP contribution < -0.4 is 11.1 Å². The molecule has 0 aliphatic carbocycles. The van der Waals surface area contributed by atoms with Gasteiger partial charge in [-0.05, 0) is 25.1 Å². The van der Waals surface area contributed by atoms with Crippen molar-refractivity contribution < 1.29 is 9.72 Å². The number of nitrogens with two attached hydrogens (primary N) is 1. The first-order valence-electron chi connectivity index (χ1n) is 4.98. The van der Waals surface area contributed by atoms with Gasteiger partial charge >= 0.3 is 0 Å². The summed E-state index contributed by atoms with van der Waals surface area (Å²) in [6.07, 6.45) is 0.618. The van der Waals surface area contributed by atoms with Crippen molar-refractivity contribution in [2.45, 2.75) is 6.42 Å². The number of amides is 1. The van der Waals surface area contributed by atoms with Gasteiger partial charge in [0.05, 0.1) is 4.92 Å². The maximum absolute atomic E-state index is 11.7. The molecule has 100 valence electrons. The van der Waals surface area contributed by atoms with Crippen molar-refractivity contribution in [1.29, 1.82) is 0 Å². The van der Waals surface area contributed by atoms with Gasteiger partial charge in [-0.15, -0.1) is 12.4 Å². The number of hydrogen-bond acceptors (Lipinski definition) is 4. The molecule has 0 aliphatic heterocycles. The fourth-order valence-electron chi connectivity index (χ4n) is 1.25. The van der Waals surface area contributed by atoms with Crippen LogP contribution in [0, 0.1) is 10.1 Å². The van der Waals surface area contributed by atoms with E-state index in [-0.39, 0.29) is 28.7 Å². The van der Waals surface area contributed by atoms with Crippen LogP contribution in [-0.4, -0.2) is 23.9 Å². The molecule has 8 heteroatoms. The molecule has 0 saturated carbocycles. The lowest BCUT2D eigenvalue weighted by Crippen LogP contribution is -2.26. The van der Waals surface area contributed by atoms with Gasteiger partial charge in [-0.1, -0.05) is 11.6 Å². The molecule has 0 bridgehead atoms. The van der Waals surface area contributed by atoms with Gasteiger partial charge < -0.3 is 11.1 Å². The van der Waals surface area contributed by atoms with E-state index in [1.165, 1.54) is 12.1 Å². The minimum absolute atomic E-state index is 0. The summed E-state index contributed by atoms with van der Waals surface area (Å²) in [5.74, 6) is -0.498. The van der Waals surface area contributed by atoms with Crippen molar-refractivity contribution >= 4 is 35.6 Å². The zero-order chi connectivity index (χ0) is 12.8. The first-order valence-corrected chi connectivity index (χ1v) is 5.36. The molecule has 6 nitrogen and oxygen atoms in total. The van der Waals surface area contributed by atoms with Crippen molar-refractivity contribution in [3.63, 3.8) is 0 Å². The number of halogens is 2. The molecular weight excluding hydrogens is 281 g/mol. The zero-order valence-corrected chi connectivity index (χ0v) is 11.0. The summed E-state index contributed by atoms with van der Waals surface area (Å²) in [4.78, 5) is 21.8. The number of rotatable bonds is 5. The number of nitrogens with zero attached hydrogens (tertiary/aromatic N) is 1. The topological polar surface area (TPSA) is 98.3 Å². The molecule has 1 rings (SSSR count). The van der Waals surface area contributed by atoms with Crippen molar-refractivity contribution in [3.05, 3.63) is 38.9 Å². The number of nitro groups is 1. The van der Waals surface area contributed by atoms with E-state index in [1.807, 2.05) is 0 Å². The summed E-state index contributed by atoms with van der Waals surface area (Å²) in [5, 5.41) is 13.5. The first-order chi connectivity index (χ1) is 8.06. The predicted molar refractivity (Wildman–Crippen MR) is 71.4 cm³/mol. The lowest BCUT2D eigenvalue weighted by molar-refractivity contribution is -0.385. The first kappa shape index (κ1) is 16.6. The molecule has 0 aromatic heterocycles. The second-order valence-corrected chi connectivity index (χ2v) is 3.75. The van der Waals surface area contributed by atoms with Gasteiger partial charge in [0.25, 0.3) is 11.6 Å². The van der Waals surface area contributed by atoms with Gasteiger partial charge in [0.2, 0.25) is 0 Å². The van der Waals surface area contributed by atoms with Gasteiger partial charge in [-0.3, -0.25) is 14.9 Å². The van der Waals surface area contributed by atoms with Crippen LogP contribution in [0.25, 0.3) is 0 Å². The fourth-order valence-corrected chi connectivity index (χ4v) is 1.41. The van der Waals surface area contributed by atoms with E-state index in [0.29, 0.717) is 19.5 Å². The average molecular weight is 294 g/mol. The molecule has 0 aliphatic rings. The molecule has 1 aromatic rings. The molecule has 0 heterocycles. The van der Waals surface area contributed by atoms with Crippen molar-refractivity contribution in [3.8, 4) is 0 Å². The molecule has 0 saturated heterocycles. The van der Waals surface area contributed by atoms with E-state index in [1.54, 1.807) is 0 Å². The van der Waals surface area contributed by atoms with Crippen LogP contribution >= 0.6 is 24.0 Å². The quantitative estimate of drug-likeness (QED) is 0.491. The summed E-state index contributed by atoms with van der Waals surface area (Å²) in [6, 6.07) is 3.92. The molecule has 0 unspecified atom stereocenters. The molecule has 18 heavy (non-hydrogen) atoms. The second kappa shape index (κ2) is 7.86. The minimum atomic E-state index is -0.635. The van der Waals surface area contributed by atoms with Gasteiger partial charge in [0.1, 0.15) is 5.56 Å². The number of hydrogen-bond donors (Lipinski definition) is 2. The molecule has 0 atom stereocenters. The third-order valence-electron chi connectivity index (χ3n) is 2.07. The lowest BCUT2D eigenvalue weighted by atomic mass is 10.1. The van der Waals surface area contributed by atoms with E-state index in [0.717, 1.165) is 6.07 Å². The van der Waals surface area contributed by atoms with Gasteiger partial charge in [-0.25, -0.2) is 0 Å². The highest BCUT2D eigenvalue weighted by molar-refractivity contribution is 6.31. The van der Waals surface area contributed by atoms with Crippen LogP contribution in [0.1, 0.15) is 16.8 Å². The van der Waals surface area contributed by atoms with Crippen LogP contribution in [0.15, 0.2) is 18.2 Å². The Morgan fingerprint density at radius 3 is 2.72 bits per heavy atom. The van der Waals surface area contributed by atoms with E-state index >= 15 is 0 Å². The molecule has 1 aromatic carbocycles. The highest BCUT2D eigenvalue weighted by Gasteiger charge is 2.19. The summed E-state index contributed by atoms with van der Waals surface area (Å²) in [5.41, 5.74) is 4.97. The zero-order valence-electron chi connectivity index (χ0n) is 9.39. The van der Waals surface area contributed by atoms with Gasteiger partial charge in [0.15, 0.2) is 0 Å². The summed E-state index contributed by atoms with van der Waals surface area (Å²) in [7, 11) is 0. The molecular formula is C10H13Cl2N3O3. The third kappa shape index (κ3) is 4.48. The Morgan fingerprint density at radius 2 is 2.17 bits per heavy atom. The van der Waals surface area contributed by atoms with E-state index in [9.17, 15) is 14.9 Å². The van der Waals surface area contributed by atoms with Crippen molar-refractivity contribution in [1.82, 2.24) is 5.32 Å². The molecule has 0 radical (unpaired) electrons. The second-order valence-electron chi connectivity index (χ2n) is 3.32. The SMILES string of the molecule is Cl.NCCCNC(=O)c1ccc(Cl)cc1[N+](=O)[O-]. The third-order valence-corrected chi connectivity index (χ3v) is 2.30. The Kier molecular flexibility index (Phi) is 7.26. The summed E-state index contributed by atoms with van der Waals surface area (Å²) >= 11 is 5.64. The highest BCUT2D eigenvalue weighted by atomic mass is 35.5. The predicted octanol–water partition coefficient (Wildman–Crippen LogP) is 1.75. The average Bonchev–Trinajstić information content (AvgIpc) is 2.29. The maximum atomic E-state index is 11.7. The minimum Gasteiger partial charge on any atom is -0.352 e. The van der Waals surface area contributed by atoms with Crippen molar-refractivity contribution in [2.75, 3.05) is 13.1 Å². The maximum Gasteiger partial charge on any atom is 0.283 e. The van der Waals surface area contributed by atoms with Crippen LogP contribution in [-0.2, 0) is 0 Å². The largest absolute Gasteiger partial charge is 0.352 e. The van der Waals surface area contributed by atoms with E-state index < -0.39 is 10.8 Å². The Labute approximate surface area is 115 Å². The Bertz CT molecular complexity index is 440. The number of carbonyl (C=O) groups excluding carboxylic acids is 1. The number of benzene rings is 1. The van der Waals surface area contributed by atoms with Crippen LogP contribution in [0.3, 0.4) is 0 Å². The summed E-state index contributed by atoms with van der Waals surface area (Å²) in [6.45, 7) is 0.831. The molecule has 3 N–H and O–H groups in total. The Balaban J connectivity index is 0.00000289. The molecule has 1 amide bonds. The normalized spacial score (nSPS) is 9.44. The smallest absolute Gasteiger partial charge is 0.283 e. The molecule has 0 spiro atoms. The van der Waals surface area contributed by atoms with Crippen LogP contribution in [0.4, 0.5) is 5.69 Å². The van der Waals surface area contributed by atoms with Gasteiger partial charge in [0, 0.05) is 17.6 Å². The number of carbonyl (C=O) groups is 1. The summed E-state index contributed by atoms with van der Waals surface area (Å²) < 4.78 is 0. The monoisotopic (exact) mass is 293 g/mol. The fraction of sp³-hybridized carbons (Fsp3) is 0.300. The molecule has 0 fully saturated rings. The van der Waals surface area contributed by atoms with Gasteiger partial charge in [-0.2, -0.15) is 0 Å². The number of nitro benzene ring substituents is 1. The van der Waals surface area contributed by atoms with Crippen LogP contribution in [0.5, 0.6) is 0 Å².